The lowest BCUT2D eigenvalue weighted by Crippen LogP contribution is -2.40. The smallest absolute Gasteiger partial charge is 0.256 e. The number of benzene rings is 3. The van der Waals surface area contributed by atoms with Crippen LogP contribution in [0.2, 0.25) is 0 Å². The van der Waals surface area contributed by atoms with Crippen LogP contribution in [-0.4, -0.2) is 48.0 Å². The number of rotatable bonds is 4. The normalized spacial score (nSPS) is 13.6. The highest BCUT2D eigenvalue weighted by atomic mass is 16.5. The van der Waals surface area contributed by atoms with E-state index in [1.807, 2.05) is 62.4 Å². The Morgan fingerprint density at radius 2 is 1.66 bits per heavy atom. The second-order valence-corrected chi connectivity index (χ2v) is 8.83. The van der Waals surface area contributed by atoms with Gasteiger partial charge >= 0.3 is 0 Å². The van der Waals surface area contributed by atoms with Crippen LogP contribution in [0.25, 0.3) is 22.2 Å². The lowest BCUT2D eigenvalue weighted by atomic mass is 10.0. The number of nitrogens with zero attached hydrogens (tertiary/aromatic N) is 2. The highest BCUT2D eigenvalue weighted by molar-refractivity contribution is 6.13. The minimum Gasteiger partial charge on any atom is -0.378 e. The second kappa shape index (κ2) is 9.68. The van der Waals surface area contributed by atoms with Gasteiger partial charge in [0.15, 0.2) is 0 Å². The summed E-state index contributed by atoms with van der Waals surface area (Å²) in [6, 6.07) is 22.9. The van der Waals surface area contributed by atoms with Gasteiger partial charge in [0.25, 0.3) is 11.8 Å². The van der Waals surface area contributed by atoms with Gasteiger partial charge in [0.1, 0.15) is 0 Å². The maximum absolute atomic E-state index is 13.5. The molecular formula is C29H27N3O3. The molecule has 0 atom stereocenters. The molecule has 1 saturated heterocycles. The van der Waals surface area contributed by atoms with Crippen molar-refractivity contribution in [3.63, 3.8) is 0 Å². The Morgan fingerprint density at radius 3 is 2.43 bits per heavy atom. The lowest BCUT2D eigenvalue weighted by Gasteiger charge is -2.27. The van der Waals surface area contributed by atoms with E-state index in [0.717, 1.165) is 33.3 Å². The summed E-state index contributed by atoms with van der Waals surface area (Å²) < 4.78 is 5.35. The first kappa shape index (κ1) is 22.7. The van der Waals surface area contributed by atoms with Gasteiger partial charge in [-0.2, -0.15) is 0 Å². The van der Waals surface area contributed by atoms with E-state index in [2.05, 4.69) is 5.32 Å². The van der Waals surface area contributed by atoms with E-state index >= 15 is 0 Å². The number of carbonyl (C=O) groups excluding carboxylic acids is 2. The molecule has 3 aromatic carbocycles. The van der Waals surface area contributed by atoms with Gasteiger partial charge in [-0.05, 0) is 43.7 Å². The number of ether oxygens (including phenoxy) is 1. The highest BCUT2D eigenvalue weighted by Gasteiger charge is 2.20. The first-order valence-electron chi connectivity index (χ1n) is 11.8. The molecule has 1 aliphatic rings. The minimum absolute atomic E-state index is 0.0592. The van der Waals surface area contributed by atoms with Crippen molar-refractivity contribution in [2.75, 3.05) is 31.6 Å². The Bertz CT molecular complexity index is 1410. The summed E-state index contributed by atoms with van der Waals surface area (Å²) in [5, 5.41) is 3.78. The molecule has 2 amide bonds. The van der Waals surface area contributed by atoms with Crippen molar-refractivity contribution in [2.24, 2.45) is 0 Å². The number of aryl methyl sites for hydroxylation is 2. The van der Waals surface area contributed by atoms with Gasteiger partial charge in [0.05, 0.1) is 30.0 Å². The molecule has 0 bridgehead atoms. The molecule has 4 aromatic rings. The third-order valence-corrected chi connectivity index (χ3v) is 6.30. The van der Waals surface area contributed by atoms with E-state index < -0.39 is 0 Å². The third-order valence-electron chi connectivity index (χ3n) is 6.30. The molecule has 0 radical (unpaired) electrons. The van der Waals surface area contributed by atoms with Crippen molar-refractivity contribution >= 4 is 28.4 Å². The molecule has 1 N–H and O–H groups in total. The third kappa shape index (κ3) is 4.79. The average molecular weight is 466 g/mol. The standard InChI is InChI=1S/C29H27N3O3/c1-19-9-11-21(12-10-19)26-18-25(24-8-3-5-20(2)27(24)31-26)28(33)30-23-7-4-6-22(17-23)29(34)32-13-15-35-16-14-32/h3-12,17-18H,13-16H2,1-2H3,(H,30,33). The number of fused-ring (bicyclic) bond motifs is 1. The van der Waals surface area contributed by atoms with E-state index in [1.54, 1.807) is 29.2 Å². The van der Waals surface area contributed by atoms with Gasteiger partial charge in [0, 0.05) is 35.3 Å². The number of morpholine rings is 1. The summed E-state index contributed by atoms with van der Waals surface area (Å²) in [6.45, 7) is 6.26. The maximum atomic E-state index is 13.5. The van der Waals surface area contributed by atoms with Crippen molar-refractivity contribution in [1.29, 1.82) is 0 Å². The molecule has 0 unspecified atom stereocenters. The molecule has 0 saturated carbocycles. The highest BCUT2D eigenvalue weighted by Crippen LogP contribution is 2.28. The fraction of sp³-hybridized carbons (Fsp3) is 0.207. The van der Waals surface area contributed by atoms with E-state index in [1.165, 1.54) is 0 Å². The van der Waals surface area contributed by atoms with E-state index in [-0.39, 0.29) is 11.8 Å². The first-order valence-corrected chi connectivity index (χ1v) is 11.8. The summed E-state index contributed by atoms with van der Waals surface area (Å²) >= 11 is 0. The average Bonchev–Trinajstić information content (AvgIpc) is 2.89. The number of aromatic nitrogens is 1. The largest absolute Gasteiger partial charge is 0.378 e. The van der Waals surface area contributed by atoms with E-state index in [9.17, 15) is 9.59 Å². The van der Waals surface area contributed by atoms with Crippen LogP contribution >= 0.6 is 0 Å². The molecule has 5 rings (SSSR count). The van der Waals surface area contributed by atoms with Crippen LogP contribution in [0.15, 0.2) is 72.8 Å². The maximum Gasteiger partial charge on any atom is 0.256 e. The van der Waals surface area contributed by atoms with Crippen molar-refractivity contribution in [1.82, 2.24) is 9.88 Å². The number of carbonyl (C=O) groups is 2. The topological polar surface area (TPSA) is 71.5 Å². The Hall–Kier alpha value is -4.03. The van der Waals surface area contributed by atoms with Crippen molar-refractivity contribution in [3.05, 3.63) is 95.1 Å². The Balaban J connectivity index is 1.48. The zero-order valence-electron chi connectivity index (χ0n) is 19.9. The monoisotopic (exact) mass is 465 g/mol. The van der Waals surface area contributed by atoms with Crippen LogP contribution in [0.5, 0.6) is 0 Å². The first-order chi connectivity index (χ1) is 17.0. The molecule has 6 nitrogen and oxygen atoms in total. The molecule has 1 aliphatic heterocycles. The molecule has 0 spiro atoms. The molecule has 176 valence electrons. The summed E-state index contributed by atoms with van der Waals surface area (Å²) in [4.78, 5) is 33.1. The zero-order valence-corrected chi connectivity index (χ0v) is 19.9. The fourth-order valence-corrected chi connectivity index (χ4v) is 4.33. The molecule has 6 heteroatoms. The molecule has 1 fully saturated rings. The predicted octanol–water partition coefficient (Wildman–Crippen LogP) is 5.24. The van der Waals surface area contributed by atoms with Gasteiger partial charge in [-0.1, -0.05) is 54.1 Å². The Labute approximate surface area is 204 Å². The van der Waals surface area contributed by atoms with Crippen LogP contribution in [0.4, 0.5) is 5.69 Å². The van der Waals surface area contributed by atoms with Crippen molar-refractivity contribution in [2.45, 2.75) is 13.8 Å². The van der Waals surface area contributed by atoms with Crippen LogP contribution in [0, 0.1) is 13.8 Å². The van der Waals surface area contributed by atoms with Crippen molar-refractivity contribution in [3.8, 4) is 11.3 Å². The van der Waals surface area contributed by atoms with Crippen LogP contribution in [0.1, 0.15) is 31.8 Å². The zero-order chi connectivity index (χ0) is 24.4. The van der Waals surface area contributed by atoms with Gasteiger partial charge < -0.3 is 15.0 Å². The molecule has 35 heavy (non-hydrogen) atoms. The van der Waals surface area contributed by atoms with Gasteiger partial charge in [-0.15, -0.1) is 0 Å². The lowest BCUT2D eigenvalue weighted by molar-refractivity contribution is 0.0303. The minimum atomic E-state index is -0.243. The van der Waals surface area contributed by atoms with Crippen molar-refractivity contribution < 1.29 is 14.3 Å². The number of hydrogen-bond acceptors (Lipinski definition) is 4. The summed E-state index contributed by atoms with van der Waals surface area (Å²) in [5.41, 5.74) is 6.31. The summed E-state index contributed by atoms with van der Waals surface area (Å²) in [7, 11) is 0. The van der Waals surface area contributed by atoms with Crippen LogP contribution < -0.4 is 5.32 Å². The number of anilines is 1. The number of para-hydroxylation sites is 1. The summed E-state index contributed by atoms with van der Waals surface area (Å²) in [6.07, 6.45) is 0. The Kier molecular flexibility index (Phi) is 6.29. The van der Waals surface area contributed by atoms with Gasteiger partial charge in [-0.25, -0.2) is 4.98 Å². The van der Waals surface area contributed by atoms with Gasteiger partial charge in [-0.3, -0.25) is 9.59 Å². The molecule has 2 heterocycles. The number of nitrogens with one attached hydrogen (secondary N) is 1. The van der Waals surface area contributed by atoms with Crippen LogP contribution in [0.3, 0.4) is 0 Å². The summed E-state index contributed by atoms with van der Waals surface area (Å²) in [5.74, 6) is -0.302. The Morgan fingerprint density at radius 1 is 0.914 bits per heavy atom. The molecular weight excluding hydrogens is 438 g/mol. The SMILES string of the molecule is Cc1ccc(-c2cc(C(=O)Nc3cccc(C(=O)N4CCOCC4)c3)c3cccc(C)c3n2)cc1. The fourth-order valence-electron chi connectivity index (χ4n) is 4.33. The van der Waals surface area contributed by atoms with Gasteiger partial charge in [0.2, 0.25) is 0 Å². The van der Waals surface area contributed by atoms with E-state index in [4.69, 9.17) is 9.72 Å². The van der Waals surface area contributed by atoms with E-state index in [0.29, 0.717) is 43.1 Å². The number of pyridine rings is 1. The molecule has 1 aromatic heterocycles. The second-order valence-electron chi connectivity index (χ2n) is 8.83. The quantitative estimate of drug-likeness (QED) is 0.447. The van der Waals surface area contributed by atoms with Crippen LogP contribution in [-0.2, 0) is 4.74 Å². The molecule has 0 aliphatic carbocycles. The number of amides is 2. The predicted molar refractivity (Wildman–Crippen MR) is 138 cm³/mol. The number of hydrogen-bond donors (Lipinski definition) is 1.